The van der Waals surface area contributed by atoms with Gasteiger partial charge in [-0.1, -0.05) is 5.16 Å². The van der Waals surface area contributed by atoms with Crippen LogP contribution in [0, 0.1) is 6.92 Å². The molecule has 0 aliphatic heterocycles. The molecule has 1 heterocycles. The number of carbonyl (C=O) groups is 2. The summed E-state index contributed by atoms with van der Waals surface area (Å²) in [6.45, 7) is 3.67. The number of hydrogen-bond donors (Lipinski definition) is 3. The molecule has 8 heteroatoms. The van der Waals surface area contributed by atoms with Crippen molar-refractivity contribution in [1.82, 2.24) is 20.8 Å². The Labute approximate surface area is 110 Å². The van der Waals surface area contributed by atoms with E-state index in [1.165, 1.54) is 0 Å². The van der Waals surface area contributed by atoms with Gasteiger partial charge in [0.1, 0.15) is 0 Å². The van der Waals surface area contributed by atoms with Gasteiger partial charge in [0, 0.05) is 19.4 Å². The van der Waals surface area contributed by atoms with Gasteiger partial charge in [-0.15, -0.1) is 0 Å². The van der Waals surface area contributed by atoms with E-state index in [0.29, 0.717) is 24.6 Å². The zero-order chi connectivity index (χ0) is 14.3. The molecule has 3 N–H and O–H groups in total. The highest BCUT2D eigenvalue weighted by atomic mass is 16.5. The van der Waals surface area contributed by atoms with Crippen LogP contribution in [0.5, 0.6) is 0 Å². The van der Waals surface area contributed by atoms with Gasteiger partial charge in [-0.05, 0) is 19.8 Å². The Morgan fingerprint density at radius 3 is 2.79 bits per heavy atom. The largest absolute Gasteiger partial charge is 0.481 e. The third-order valence-electron chi connectivity index (χ3n) is 2.38. The molecule has 0 spiro atoms. The molecule has 0 bridgehead atoms. The molecule has 2 amide bonds. The molecule has 1 unspecified atom stereocenters. The second kappa shape index (κ2) is 7.34. The zero-order valence-electron chi connectivity index (χ0n) is 11.0. The van der Waals surface area contributed by atoms with Crippen molar-refractivity contribution in [2.24, 2.45) is 0 Å². The molecule has 0 aromatic carbocycles. The van der Waals surface area contributed by atoms with Gasteiger partial charge in [-0.2, -0.15) is 4.98 Å². The van der Waals surface area contributed by atoms with E-state index in [1.807, 2.05) is 6.92 Å². The number of nitrogens with zero attached hydrogens (tertiary/aromatic N) is 2. The Morgan fingerprint density at radius 2 is 2.21 bits per heavy atom. The molecule has 106 valence electrons. The molecule has 1 aromatic heterocycles. The molecule has 0 aliphatic rings. The van der Waals surface area contributed by atoms with E-state index in [0.717, 1.165) is 0 Å². The maximum atomic E-state index is 11.5. The summed E-state index contributed by atoms with van der Waals surface area (Å²) in [5.74, 6) is 0.0227. The Hall–Kier alpha value is -2.12. The molecule has 0 saturated heterocycles. The fourth-order valence-corrected chi connectivity index (χ4v) is 1.48. The highest BCUT2D eigenvalue weighted by Crippen LogP contribution is 2.00. The van der Waals surface area contributed by atoms with Crippen molar-refractivity contribution in [3.8, 4) is 0 Å². The van der Waals surface area contributed by atoms with Crippen LogP contribution in [0.15, 0.2) is 4.52 Å². The first-order chi connectivity index (χ1) is 8.97. The monoisotopic (exact) mass is 270 g/mol. The van der Waals surface area contributed by atoms with E-state index in [1.54, 1.807) is 6.92 Å². The molecule has 1 atom stereocenters. The van der Waals surface area contributed by atoms with Gasteiger partial charge in [0.25, 0.3) is 0 Å². The number of carboxylic acids is 1. The summed E-state index contributed by atoms with van der Waals surface area (Å²) in [7, 11) is 0. The Bertz CT molecular complexity index is 432. The standard InChI is InChI=1S/C11H18N4O4/c1-7(4-3-5-10(16)17)13-11(18)12-6-9-14-8(2)19-15-9/h7H,3-6H2,1-2H3,(H,16,17)(H2,12,13,18). The molecule has 0 radical (unpaired) electrons. The topological polar surface area (TPSA) is 117 Å². The van der Waals surface area contributed by atoms with Crippen molar-refractivity contribution in [1.29, 1.82) is 0 Å². The zero-order valence-corrected chi connectivity index (χ0v) is 11.0. The highest BCUT2D eigenvalue weighted by Gasteiger charge is 2.09. The number of hydrogen-bond acceptors (Lipinski definition) is 5. The van der Waals surface area contributed by atoms with Crippen LogP contribution in [-0.4, -0.2) is 33.3 Å². The van der Waals surface area contributed by atoms with E-state index < -0.39 is 5.97 Å². The lowest BCUT2D eigenvalue weighted by Gasteiger charge is -2.13. The van der Waals surface area contributed by atoms with E-state index in [-0.39, 0.29) is 25.0 Å². The normalized spacial score (nSPS) is 11.9. The minimum atomic E-state index is -0.830. The predicted octanol–water partition coefficient (Wildman–Crippen LogP) is 0.821. The molecule has 0 fully saturated rings. The van der Waals surface area contributed by atoms with Crippen LogP contribution in [0.2, 0.25) is 0 Å². The average molecular weight is 270 g/mol. The van der Waals surface area contributed by atoms with Gasteiger partial charge in [0.05, 0.1) is 6.54 Å². The first-order valence-corrected chi connectivity index (χ1v) is 6.02. The quantitative estimate of drug-likeness (QED) is 0.675. The third-order valence-corrected chi connectivity index (χ3v) is 2.38. The Kier molecular flexibility index (Phi) is 5.77. The van der Waals surface area contributed by atoms with Crippen molar-refractivity contribution in [2.45, 2.75) is 45.7 Å². The number of aliphatic carboxylic acids is 1. The molecule has 0 saturated carbocycles. The van der Waals surface area contributed by atoms with Gasteiger partial charge in [0.15, 0.2) is 5.82 Å². The number of carboxylic acid groups (broad SMARTS) is 1. The second-order valence-corrected chi connectivity index (χ2v) is 4.24. The molecule has 8 nitrogen and oxygen atoms in total. The smallest absolute Gasteiger partial charge is 0.315 e. The summed E-state index contributed by atoms with van der Waals surface area (Å²) in [6.07, 6.45) is 1.25. The average Bonchev–Trinajstić information content (AvgIpc) is 2.72. The number of amides is 2. The van der Waals surface area contributed by atoms with Crippen LogP contribution in [0.4, 0.5) is 4.79 Å². The number of nitrogens with one attached hydrogen (secondary N) is 2. The molecule has 1 aromatic rings. The lowest BCUT2D eigenvalue weighted by Crippen LogP contribution is -2.40. The summed E-state index contributed by atoms with van der Waals surface area (Å²) in [5, 5.41) is 17.4. The van der Waals surface area contributed by atoms with Crippen LogP contribution < -0.4 is 10.6 Å². The first-order valence-electron chi connectivity index (χ1n) is 6.02. The van der Waals surface area contributed by atoms with Gasteiger partial charge in [-0.25, -0.2) is 4.79 Å². The van der Waals surface area contributed by atoms with Crippen LogP contribution >= 0.6 is 0 Å². The van der Waals surface area contributed by atoms with E-state index in [4.69, 9.17) is 9.63 Å². The first kappa shape index (κ1) is 14.9. The van der Waals surface area contributed by atoms with Crippen molar-refractivity contribution in [2.75, 3.05) is 0 Å². The molecular formula is C11H18N4O4. The van der Waals surface area contributed by atoms with E-state index >= 15 is 0 Å². The summed E-state index contributed by atoms with van der Waals surface area (Å²) >= 11 is 0. The lowest BCUT2D eigenvalue weighted by molar-refractivity contribution is -0.137. The molecule has 1 rings (SSSR count). The van der Waals surface area contributed by atoms with Crippen LogP contribution in [0.1, 0.15) is 37.9 Å². The Balaban J connectivity index is 2.17. The van der Waals surface area contributed by atoms with E-state index in [2.05, 4.69) is 20.8 Å². The minimum absolute atomic E-state index is 0.0913. The van der Waals surface area contributed by atoms with Gasteiger partial charge >= 0.3 is 12.0 Å². The van der Waals surface area contributed by atoms with Gasteiger partial charge in [0.2, 0.25) is 5.89 Å². The SMILES string of the molecule is Cc1nc(CNC(=O)NC(C)CCCC(=O)O)no1. The summed E-state index contributed by atoms with van der Waals surface area (Å²) in [6, 6.07) is -0.434. The fraction of sp³-hybridized carbons (Fsp3) is 0.636. The van der Waals surface area contributed by atoms with Crippen LogP contribution in [-0.2, 0) is 11.3 Å². The van der Waals surface area contributed by atoms with Crippen LogP contribution in [0.3, 0.4) is 0 Å². The summed E-state index contributed by atoms with van der Waals surface area (Å²) < 4.78 is 4.76. The summed E-state index contributed by atoms with van der Waals surface area (Å²) in [4.78, 5) is 25.8. The second-order valence-electron chi connectivity index (χ2n) is 4.24. The predicted molar refractivity (Wildman–Crippen MR) is 65.4 cm³/mol. The van der Waals surface area contributed by atoms with Crippen molar-refractivity contribution < 1.29 is 19.2 Å². The van der Waals surface area contributed by atoms with Gasteiger partial charge < -0.3 is 20.3 Å². The molecule has 19 heavy (non-hydrogen) atoms. The molecule has 0 aliphatic carbocycles. The number of carbonyl (C=O) groups excluding carboxylic acids is 1. The fourth-order valence-electron chi connectivity index (χ4n) is 1.48. The van der Waals surface area contributed by atoms with Crippen molar-refractivity contribution in [3.63, 3.8) is 0 Å². The van der Waals surface area contributed by atoms with Crippen molar-refractivity contribution >= 4 is 12.0 Å². The Morgan fingerprint density at radius 1 is 1.47 bits per heavy atom. The number of aryl methyl sites for hydroxylation is 1. The number of rotatable bonds is 7. The minimum Gasteiger partial charge on any atom is -0.481 e. The van der Waals surface area contributed by atoms with E-state index in [9.17, 15) is 9.59 Å². The van der Waals surface area contributed by atoms with Crippen molar-refractivity contribution in [3.05, 3.63) is 11.7 Å². The number of aromatic nitrogens is 2. The molecular weight excluding hydrogens is 252 g/mol. The maximum Gasteiger partial charge on any atom is 0.315 e. The lowest BCUT2D eigenvalue weighted by atomic mass is 10.1. The highest BCUT2D eigenvalue weighted by molar-refractivity contribution is 5.74. The number of urea groups is 1. The summed E-state index contributed by atoms with van der Waals surface area (Å²) in [5.41, 5.74) is 0. The third kappa shape index (κ3) is 6.39. The maximum absolute atomic E-state index is 11.5. The van der Waals surface area contributed by atoms with Crippen LogP contribution in [0.25, 0.3) is 0 Å². The van der Waals surface area contributed by atoms with Gasteiger partial charge in [-0.3, -0.25) is 4.79 Å².